The van der Waals surface area contributed by atoms with Gasteiger partial charge in [-0.1, -0.05) is 29.3 Å². The summed E-state index contributed by atoms with van der Waals surface area (Å²) >= 11 is 12.5. The lowest BCUT2D eigenvalue weighted by molar-refractivity contribution is -0.137. The molecule has 0 spiro atoms. The summed E-state index contributed by atoms with van der Waals surface area (Å²) < 4.78 is 23.1. The molecule has 10 heteroatoms. The highest BCUT2D eigenvalue weighted by atomic mass is 35.5. The molecule has 0 radical (unpaired) electrons. The summed E-state index contributed by atoms with van der Waals surface area (Å²) in [5.74, 6) is 2.74. The van der Waals surface area contributed by atoms with Gasteiger partial charge in [0.05, 0.1) is 16.0 Å². The molecule has 43 heavy (non-hydrogen) atoms. The van der Waals surface area contributed by atoms with Crippen molar-refractivity contribution in [1.82, 2.24) is 10.2 Å². The minimum Gasteiger partial charge on any atom is -0.490 e. The molecule has 6 rings (SSSR count). The van der Waals surface area contributed by atoms with Gasteiger partial charge in [0, 0.05) is 30.9 Å². The fraction of sp³-hybridized carbons (Fsp3) is 0.424. The molecular weight excluding hydrogens is 589 g/mol. The molecule has 1 saturated carbocycles. The molecule has 2 heterocycles. The van der Waals surface area contributed by atoms with Crippen LogP contribution < -0.4 is 29.6 Å². The third-order valence-electron chi connectivity index (χ3n) is 7.98. The number of piperidine rings is 1. The van der Waals surface area contributed by atoms with E-state index < -0.39 is 0 Å². The second kappa shape index (κ2) is 13.5. The summed E-state index contributed by atoms with van der Waals surface area (Å²) in [6.45, 7) is 5.78. The van der Waals surface area contributed by atoms with Crippen molar-refractivity contribution in [3.8, 4) is 23.0 Å². The maximum Gasteiger partial charge on any atom is 0.229 e. The van der Waals surface area contributed by atoms with Crippen molar-refractivity contribution in [2.45, 2.75) is 44.8 Å². The Hall–Kier alpha value is -3.33. The summed E-state index contributed by atoms with van der Waals surface area (Å²) in [5, 5.41) is 8.04. The van der Waals surface area contributed by atoms with E-state index in [2.05, 4.69) is 15.5 Å². The molecule has 3 aliphatic rings. The zero-order valence-corrected chi connectivity index (χ0v) is 25.8. The normalized spacial score (nSPS) is 19.4. The van der Waals surface area contributed by atoms with Gasteiger partial charge in [0.25, 0.3) is 0 Å². The largest absolute Gasteiger partial charge is 0.490 e. The lowest BCUT2D eigenvalue weighted by Gasteiger charge is -2.36. The molecule has 1 amide bonds. The van der Waals surface area contributed by atoms with Crippen LogP contribution in [0.1, 0.15) is 30.4 Å². The number of halogens is 2. The van der Waals surface area contributed by atoms with E-state index in [4.69, 9.17) is 42.1 Å². The predicted octanol–water partition coefficient (Wildman–Crippen LogP) is 6.11. The molecule has 228 valence electrons. The van der Waals surface area contributed by atoms with Gasteiger partial charge in [-0.3, -0.25) is 4.79 Å². The number of amides is 1. The number of hydrogen-bond acceptors (Lipinski definition) is 7. The summed E-state index contributed by atoms with van der Waals surface area (Å²) in [6, 6.07) is 17.8. The van der Waals surface area contributed by atoms with E-state index in [1.807, 2.05) is 61.5 Å². The van der Waals surface area contributed by atoms with Crippen molar-refractivity contribution < 1.29 is 23.7 Å². The second-order valence-corrected chi connectivity index (χ2v) is 12.1. The smallest absolute Gasteiger partial charge is 0.229 e. The number of rotatable bonds is 11. The van der Waals surface area contributed by atoms with Crippen LogP contribution in [-0.4, -0.2) is 62.4 Å². The van der Waals surface area contributed by atoms with E-state index in [0.717, 1.165) is 59.9 Å². The number of nitrogens with zero attached hydrogens (tertiary/aromatic N) is 1. The van der Waals surface area contributed by atoms with Crippen molar-refractivity contribution in [3.05, 3.63) is 75.8 Å². The summed E-state index contributed by atoms with van der Waals surface area (Å²) in [5.41, 5.74) is 2.99. The lowest BCUT2D eigenvalue weighted by atomic mass is 9.91. The van der Waals surface area contributed by atoms with Crippen molar-refractivity contribution >= 4 is 34.8 Å². The Morgan fingerprint density at radius 2 is 1.67 bits per heavy atom. The second-order valence-electron chi connectivity index (χ2n) is 11.3. The average molecular weight is 627 g/mol. The number of benzene rings is 3. The molecule has 0 bridgehead atoms. The first-order valence-electron chi connectivity index (χ1n) is 14.9. The van der Waals surface area contributed by atoms with Crippen LogP contribution in [0.3, 0.4) is 0 Å². The standard InChI is InChI=1S/C33H37Cl2N3O5/c1-21-16-27(34)32(28(35)17-21)43-15-12-40-25-7-3-23(4-8-25)37-29-10-11-36-19-26(29)33(39)38(24-5-6-24)20-22-2-9-30-31(18-22)42-14-13-41-30/h2-4,7-9,16-18,24,26,29,36-37H,5-6,10-15,19-20H2,1H3/t26?,29-/m0/s1. The molecule has 0 aromatic heterocycles. The van der Waals surface area contributed by atoms with Gasteiger partial charge in [-0.2, -0.15) is 0 Å². The number of carbonyl (C=O) groups excluding carboxylic acids is 1. The van der Waals surface area contributed by atoms with Gasteiger partial charge in [0.1, 0.15) is 32.2 Å². The van der Waals surface area contributed by atoms with E-state index in [9.17, 15) is 4.79 Å². The molecule has 8 nitrogen and oxygen atoms in total. The van der Waals surface area contributed by atoms with Gasteiger partial charge in [0.2, 0.25) is 5.91 Å². The third-order valence-corrected chi connectivity index (χ3v) is 8.54. The molecule has 2 atom stereocenters. The Kier molecular flexibility index (Phi) is 9.36. The number of hydrogen-bond donors (Lipinski definition) is 2. The van der Waals surface area contributed by atoms with Crippen LogP contribution >= 0.6 is 23.2 Å². The molecule has 1 saturated heterocycles. The van der Waals surface area contributed by atoms with Crippen LogP contribution in [0, 0.1) is 12.8 Å². The van der Waals surface area contributed by atoms with Gasteiger partial charge < -0.3 is 34.5 Å². The Morgan fingerprint density at radius 3 is 2.42 bits per heavy atom. The van der Waals surface area contributed by atoms with Gasteiger partial charge in [0.15, 0.2) is 17.2 Å². The van der Waals surface area contributed by atoms with Crippen molar-refractivity contribution in [2.24, 2.45) is 5.92 Å². The minimum absolute atomic E-state index is 0.0273. The third kappa shape index (κ3) is 7.43. The van der Waals surface area contributed by atoms with Crippen LogP contribution in [0.15, 0.2) is 54.6 Å². The number of carbonyl (C=O) groups is 1. The van der Waals surface area contributed by atoms with E-state index >= 15 is 0 Å². The summed E-state index contributed by atoms with van der Waals surface area (Å²) in [4.78, 5) is 16.0. The molecule has 3 aromatic carbocycles. The fourth-order valence-corrected chi connectivity index (χ4v) is 6.35. The number of nitrogens with one attached hydrogen (secondary N) is 2. The molecular formula is C33H37Cl2N3O5. The van der Waals surface area contributed by atoms with Crippen LogP contribution in [0.4, 0.5) is 5.69 Å². The average Bonchev–Trinajstić information content (AvgIpc) is 3.85. The molecule has 1 unspecified atom stereocenters. The highest BCUT2D eigenvalue weighted by Crippen LogP contribution is 2.36. The van der Waals surface area contributed by atoms with Crippen molar-refractivity contribution in [1.29, 1.82) is 0 Å². The zero-order valence-electron chi connectivity index (χ0n) is 24.2. The van der Waals surface area contributed by atoms with Gasteiger partial charge in [-0.15, -0.1) is 0 Å². The molecule has 2 N–H and O–H groups in total. The first kappa shape index (κ1) is 29.7. The van der Waals surface area contributed by atoms with Crippen LogP contribution in [0.2, 0.25) is 10.0 Å². The van der Waals surface area contributed by atoms with Gasteiger partial charge in [-0.05, 0) is 92.4 Å². The van der Waals surface area contributed by atoms with Crippen molar-refractivity contribution in [2.75, 3.05) is 44.8 Å². The first-order chi connectivity index (χ1) is 20.9. The first-order valence-corrected chi connectivity index (χ1v) is 15.7. The number of anilines is 1. The topological polar surface area (TPSA) is 81.3 Å². The summed E-state index contributed by atoms with van der Waals surface area (Å²) in [6.07, 6.45) is 2.96. The lowest BCUT2D eigenvalue weighted by Crippen LogP contribution is -2.52. The van der Waals surface area contributed by atoms with E-state index in [1.54, 1.807) is 0 Å². The van der Waals surface area contributed by atoms with Crippen molar-refractivity contribution in [3.63, 3.8) is 0 Å². The monoisotopic (exact) mass is 625 g/mol. The van der Waals surface area contributed by atoms with Gasteiger partial charge in [-0.25, -0.2) is 0 Å². The maximum absolute atomic E-state index is 14.0. The Bertz CT molecular complexity index is 1410. The number of ether oxygens (including phenoxy) is 4. The Labute approximate surface area is 262 Å². The summed E-state index contributed by atoms with van der Waals surface area (Å²) in [7, 11) is 0. The van der Waals surface area contributed by atoms with Crippen LogP contribution in [-0.2, 0) is 11.3 Å². The van der Waals surface area contributed by atoms with Crippen LogP contribution in [0.5, 0.6) is 23.0 Å². The number of fused-ring (bicyclic) bond motifs is 1. The molecule has 1 aliphatic carbocycles. The maximum atomic E-state index is 14.0. The number of aryl methyl sites for hydroxylation is 1. The Morgan fingerprint density at radius 1 is 0.953 bits per heavy atom. The molecule has 3 aromatic rings. The highest BCUT2D eigenvalue weighted by Gasteiger charge is 2.40. The van der Waals surface area contributed by atoms with Gasteiger partial charge >= 0.3 is 0 Å². The molecule has 2 aliphatic heterocycles. The van der Waals surface area contributed by atoms with Crippen LogP contribution in [0.25, 0.3) is 0 Å². The quantitative estimate of drug-likeness (QED) is 0.249. The minimum atomic E-state index is -0.167. The Balaban J connectivity index is 1.04. The van der Waals surface area contributed by atoms with E-state index in [1.165, 1.54) is 0 Å². The van der Waals surface area contributed by atoms with E-state index in [0.29, 0.717) is 61.4 Å². The predicted molar refractivity (Wildman–Crippen MR) is 168 cm³/mol. The SMILES string of the molecule is Cc1cc(Cl)c(OCCOc2ccc(N[C@H]3CCNCC3C(=O)N(Cc3ccc4c(c3)OCCO4)C3CC3)cc2)c(Cl)c1. The fourth-order valence-electron chi connectivity index (χ4n) is 5.65. The molecule has 2 fully saturated rings. The zero-order chi connectivity index (χ0) is 29.8. The van der Waals surface area contributed by atoms with E-state index in [-0.39, 0.29) is 17.9 Å². The highest BCUT2D eigenvalue weighted by molar-refractivity contribution is 6.37.